The molecule has 4 heteroatoms. The molecule has 0 amide bonds. The summed E-state index contributed by atoms with van der Waals surface area (Å²) in [6.45, 7) is 4.28. The van der Waals surface area contributed by atoms with E-state index >= 15 is 0 Å². The van der Waals surface area contributed by atoms with Crippen LogP contribution in [0.4, 0.5) is 0 Å². The molecule has 2 atom stereocenters. The van der Waals surface area contributed by atoms with E-state index in [1.54, 1.807) is 0 Å². The Morgan fingerprint density at radius 1 is 1.20 bits per heavy atom. The fourth-order valence-electron chi connectivity index (χ4n) is 4.20. The molecule has 2 bridgehead atoms. The van der Waals surface area contributed by atoms with Gasteiger partial charge in [-0.15, -0.1) is 0 Å². The molecule has 0 aromatic carbocycles. The third kappa shape index (κ3) is 2.00. The van der Waals surface area contributed by atoms with Gasteiger partial charge in [-0.2, -0.15) is 0 Å². The molecule has 20 heavy (non-hydrogen) atoms. The second-order valence-corrected chi connectivity index (χ2v) is 6.61. The number of carbonyl (C=O) groups is 3. The Hall–Kier alpha value is -0.588. The molecule has 0 aromatic rings. The van der Waals surface area contributed by atoms with Gasteiger partial charge >= 0.3 is 27.3 Å². The van der Waals surface area contributed by atoms with E-state index in [-0.39, 0.29) is 50.1 Å². The number of hydrogen-bond donors (Lipinski definition) is 0. The van der Waals surface area contributed by atoms with Crippen LogP contribution in [0.1, 0.15) is 39.5 Å². The molecule has 2 saturated carbocycles. The molecule has 0 heterocycles. The third-order valence-electron chi connectivity index (χ3n) is 5.66. The molecule has 3 aliphatic rings. The Balaban J connectivity index is 0.00000147. The van der Waals surface area contributed by atoms with Crippen molar-refractivity contribution in [3.8, 4) is 0 Å². The number of carbonyl (C=O) groups excluding carboxylic acids is 3. The summed E-state index contributed by atoms with van der Waals surface area (Å²) in [5, 5.41) is 0. The first-order valence-electron chi connectivity index (χ1n) is 6.87. The van der Waals surface area contributed by atoms with E-state index in [2.05, 4.69) is 13.8 Å². The van der Waals surface area contributed by atoms with E-state index < -0.39 is 5.41 Å². The van der Waals surface area contributed by atoms with E-state index in [1.807, 2.05) is 0 Å². The third-order valence-corrected chi connectivity index (χ3v) is 5.66. The van der Waals surface area contributed by atoms with Gasteiger partial charge in [0.15, 0.2) is 11.6 Å². The Kier molecular flexibility index (Phi) is 3.95. The summed E-state index contributed by atoms with van der Waals surface area (Å²) in [5.41, 5.74) is 0.0245. The number of rotatable bonds is 2. The molecule has 2 radical (unpaired) electrons. The van der Waals surface area contributed by atoms with Crippen molar-refractivity contribution >= 4 is 44.6 Å². The fourth-order valence-corrected chi connectivity index (χ4v) is 4.20. The predicted molar refractivity (Wildman–Crippen MR) is 79.0 cm³/mol. The summed E-state index contributed by atoms with van der Waals surface area (Å²) < 4.78 is 0. The Morgan fingerprint density at radius 2 is 1.90 bits per heavy atom. The van der Waals surface area contributed by atoms with Crippen molar-refractivity contribution in [3.05, 3.63) is 23.8 Å². The molecular weight excluding hydrogens is 447 g/mol. The maximum atomic E-state index is 12.4. The van der Waals surface area contributed by atoms with E-state index in [4.69, 9.17) is 0 Å². The summed E-state index contributed by atoms with van der Waals surface area (Å²) in [4.78, 5) is 35.7. The maximum absolute atomic E-state index is 12.4. The Morgan fingerprint density at radius 3 is 2.45 bits per heavy atom. The van der Waals surface area contributed by atoms with E-state index in [0.29, 0.717) is 24.3 Å². The van der Waals surface area contributed by atoms with Crippen molar-refractivity contribution in [1.29, 1.82) is 0 Å². The van der Waals surface area contributed by atoms with Crippen molar-refractivity contribution in [2.24, 2.45) is 16.7 Å². The monoisotopic (exact) mass is 468 g/mol. The molecule has 3 aliphatic carbocycles. The Labute approximate surface area is 139 Å². The minimum atomic E-state index is -0.426. The standard InChI is InChI=1S/C16H18O3.Pb.2H/c1-15(2)11-5-6-16(15,14(19)8-11)9-10-7-12(17)3-4-13(10)18;;;/h3-4,7,11H,5-6,8-9H2,1-2H3;;;. The van der Waals surface area contributed by atoms with Crippen molar-refractivity contribution in [1.82, 2.24) is 0 Å². The van der Waals surface area contributed by atoms with Gasteiger partial charge in [0.05, 0.1) is 0 Å². The van der Waals surface area contributed by atoms with Crippen LogP contribution in [0, 0.1) is 16.7 Å². The summed E-state index contributed by atoms with van der Waals surface area (Å²) in [6.07, 6.45) is 7.01. The van der Waals surface area contributed by atoms with E-state index in [9.17, 15) is 14.4 Å². The quantitative estimate of drug-likeness (QED) is 0.457. The second kappa shape index (κ2) is 5.00. The van der Waals surface area contributed by atoms with Crippen LogP contribution in [0.25, 0.3) is 0 Å². The van der Waals surface area contributed by atoms with Gasteiger partial charge in [-0.05, 0) is 48.8 Å². The van der Waals surface area contributed by atoms with Gasteiger partial charge < -0.3 is 0 Å². The van der Waals surface area contributed by atoms with Gasteiger partial charge in [0.25, 0.3) is 0 Å². The summed E-state index contributed by atoms with van der Waals surface area (Å²) in [6, 6.07) is 0. The van der Waals surface area contributed by atoms with Gasteiger partial charge in [0.1, 0.15) is 5.78 Å². The molecule has 0 spiro atoms. The van der Waals surface area contributed by atoms with Crippen LogP contribution in [0.2, 0.25) is 0 Å². The predicted octanol–water partition coefficient (Wildman–Crippen LogP) is 1.49. The first-order chi connectivity index (χ1) is 8.87. The van der Waals surface area contributed by atoms with Crippen molar-refractivity contribution in [2.75, 3.05) is 0 Å². The van der Waals surface area contributed by atoms with Gasteiger partial charge in [-0.1, -0.05) is 13.8 Å². The van der Waals surface area contributed by atoms with Gasteiger partial charge in [0.2, 0.25) is 0 Å². The number of ketones is 3. The molecule has 0 N–H and O–H groups in total. The first kappa shape index (κ1) is 15.8. The fraction of sp³-hybridized carbons (Fsp3) is 0.562. The van der Waals surface area contributed by atoms with Gasteiger partial charge in [0, 0.05) is 17.4 Å². The Bertz CT molecular complexity index is 556. The van der Waals surface area contributed by atoms with Crippen molar-refractivity contribution in [3.63, 3.8) is 0 Å². The zero-order valence-corrected chi connectivity index (χ0v) is 17.6. The van der Waals surface area contributed by atoms with Crippen LogP contribution < -0.4 is 0 Å². The second-order valence-electron chi connectivity index (χ2n) is 6.61. The molecule has 3 nitrogen and oxygen atoms in total. The number of fused-ring (bicyclic) bond motifs is 2. The van der Waals surface area contributed by atoms with Crippen molar-refractivity contribution in [2.45, 2.75) is 39.5 Å². The normalized spacial score (nSPS) is 34.2. The van der Waals surface area contributed by atoms with Crippen LogP contribution in [0.5, 0.6) is 0 Å². The molecule has 0 aromatic heterocycles. The SMILES string of the molecule is CC1(C)C2CCC1(CC1=CC(=O)C=CC1=O)C(=O)C2.[PbH2]. The minimum absolute atomic E-state index is 0. The topological polar surface area (TPSA) is 51.2 Å². The molecule has 2 unspecified atom stereocenters. The molecule has 2 fully saturated rings. The first-order valence-corrected chi connectivity index (χ1v) is 6.87. The zero-order chi connectivity index (χ0) is 13.8. The van der Waals surface area contributed by atoms with Gasteiger partial charge in [-0.3, -0.25) is 14.4 Å². The molecular formula is C16H20O3Pb. The number of Topliss-reactive ketones (excluding diaryl/α,β-unsaturated/α-hetero) is 1. The zero-order valence-electron chi connectivity index (χ0n) is 12.1. The average molecular weight is 468 g/mol. The van der Waals surface area contributed by atoms with Gasteiger partial charge in [-0.25, -0.2) is 0 Å². The van der Waals surface area contributed by atoms with E-state index in [0.717, 1.165) is 12.8 Å². The molecule has 3 rings (SSSR count). The summed E-state index contributed by atoms with van der Waals surface area (Å²) in [7, 11) is 0. The molecule has 106 valence electrons. The molecule has 0 aliphatic heterocycles. The average Bonchev–Trinajstić information content (AvgIpc) is 2.68. The van der Waals surface area contributed by atoms with Crippen molar-refractivity contribution < 1.29 is 14.4 Å². The number of allylic oxidation sites excluding steroid dienone is 4. The van der Waals surface area contributed by atoms with Crippen LogP contribution >= 0.6 is 0 Å². The summed E-state index contributed by atoms with van der Waals surface area (Å²) in [5.74, 6) is 0.451. The van der Waals surface area contributed by atoms with Crippen LogP contribution in [0.3, 0.4) is 0 Å². The van der Waals surface area contributed by atoms with Crippen LogP contribution in [-0.4, -0.2) is 44.6 Å². The van der Waals surface area contributed by atoms with Crippen LogP contribution in [0.15, 0.2) is 23.8 Å². The number of hydrogen-bond acceptors (Lipinski definition) is 3. The van der Waals surface area contributed by atoms with Crippen LogP contribution in [-0.2, 0) is 14.4 Å². The molecule has 0 saturated heterocycles. The summed E-state index contributed by atoms with van der Waals surface area (Å²) >= 11 is 0. The van der Waals surface area contributed by atoms with E-state index in [1.165, 1.54) is 18.2 Å².